The van der Waals surface area contributed by atoms with E-state index in [2.05, 4.69) is 0 Å². The summed E-state index contributed by atoms with van der Waals surface area (Å²) in [5.41, 5.74) is 12.8. The minimum absolute atomic E-state index is 0.310. The second-order valence-corrected chi connectivity index (χ2v) is 4.76. The third-order valence-electron chi connectivity index (χ3n) is 3.25. The number of carbonyl (C=O) groups excluding carboxylic acids is 1. The zero-order valence-corrected chi connectivity index (χ0v) is 11.7. The average Bonchev–Trinajstić information content (AvgIpc) is 2.46. The van der Waals surface area contributed by atoms with E-state index >= 15 is 0 Å². The van der Waals surface area contributed by atoms with E-state index in [1.165, 1.54) is 0 Å². The molecule has 0 spiro atoms. The smallest absolute Gasteiger partial charge is 0.242 e. The molecule has 2 rings (SSSR count). The first kappa shape index (κ1) is 14.5. The van der Waals surface area contributed by atoms with Crippen LogP contribution < -0.4 is 21.1 Å². The minimum Gasteiger partial charge on any atom is -0.491 e. The topological polar surface area (TPSA) is 90.8 Å². The summed E-state index contributed by atoms with van der Waals surface area (Å²) in [6, 6.07) is 5.06. The van der Waals surface area contributed by atoms with Crippen molar-refractivity contribution in [3.63, 3.8) is 0 Å². The lowest BCUT2D eigenvalue weighted by molar-refractivity contribution is -0.121. The van der Waals surface area contributed by atoms with E-state index in [1.54, 1.807) is 6.07 Å². The van der Waals surface area contributed by atoms with Crippen LogP contribution in [0, 0.1) is 0 Å². The van der Waals surface area contributed by atoms with Crippen LogP contribution in [-0.2, 0) is 9.53 Å². The van der Waals surface area contributed by atoms with Crippen molar-refractivity contribution in [1.82, 2.24) is 0 Å². The summed E-state index contributed by atoms with van der Waals surface area (Å²) >= 11 is 0. The monoisotopic (exact) mass is 279 g/mol. The van der Waals surface area contributed by atoms with E-state index in [9.17, 15) is 4.79 Å². The van der Waals surface area contributed by atoms with E-state index in [-0.39, 0.29) is 0 Å². The van der Waals surface area contributed by atoms with Crippen LogP contribution in [0.2, 0.25) is 0 Å². The van der Waals surface area contributed by atoms with Gasteiger partial charge in [-0.25, -0.2) is 0 Å². The summed E-state index contributed by atoms with van der Waals surface area (Å²) in [7, 11) is 0. The van der Waals surface area contributed by atoms with Gasteiger partial charge in [0.05, 0.1) is 25.5 Å². The molecule has 4 N–H and O–H groups in total. The van der Waals surface area contributed by atoms with Crippen LogP contribution >= 0.6 is 0 Å². The molecule has 0 bridgehead atoms. The van der Waals surface area contributed by atoms with Gasteiger partial charge in [0.2, 0.25) is 5.91 Å². The van der Waals surface area contributed by atoms with Crippen molar-refractivity contribution in [1.29, 1.82) is 0 Å². The van der Waals surface area contributed by atoms with Crippen molar-refractivity contribution < 1.29 is 14.3 Å². The third-order valence-corrected chi connectivity index (χ3v) is 3.25. The van der Waals surface area contributed by atoms with Crippen LogP contribution in [0.3, 0.4) is 0 Å². The number of primary amides is 1. The van der Waals surface area contributed by atoms with Gasteiger partial charge in [-0.05, 0) is 18.6 Å². The number of nitrogen functional groups attached to an aromatic ring is 1. The number of nitrogens with zero attached hydrogens (tertiary/aromatic N) is 1. The molecule has 1 amide bonds. The molecule has 1 heterocycles. The molecule has 1 aliphatic rings. The molecular weight excluding hydrogens is 258 g/mol. The molecular formula is C14H21N3O3. The number of hydrogen-bond donors (Lipinski definition) is 2. The summed E-state index contributed by atoms with van der Waals surface area (Å²) in [5.74, 6) is 0.247. The maximum absolute atomic E-state index is 11.5. The second-order valence-electron chi connectivity index (χ2n) is 4.76. The molecule has 1 aliphatic heterocycles. The molecule has 0 saturated carbocycles. The number of rotatable bonds is 5. The maximum atomic E-state index is 11.5. The predicted octanol–water partition coefficient (Wildman–Crippen LogP) is 0.748. The zero-order chi connectivity index (χ0) is 14.5. The largest absolute Gasteiger partial charge is 0.491 e. The lowest BCUT2D eigenvalue weighted by atomic mass is 10.1. The van der Waals surface area contributed by atoms with E-state index < -0.39 is 11.9 Å². The maximum Gasteiger partial charge on any atom is 0.242 e. The Morgan fingerprint density at radius 3 is 3.05 bits per heavy atom. The number of morpholine rings is 1. The van der Waals surface area contributed by atoms with Gasteiger partial charge < -0.3 is 25.8 Å². The molecule has 20 heavy (non-hydrogen) atoms. The van der Waals surface area contributed by atoms with E-state index in [0.29, 0.717) is 37.8 Å². The molecule has 110 valence electrons. The minimum atomic E-state index is -0.452. The highest BCUT2D eigenvalue weighted by molar-refractivity contribution is 5.84. The number of ether oxygens (including phenoxy) is 2. The van der Waals surface area contributed by atoms with Crippen LogP contribution in [0.4, 0.5) is 11.4 Å². The van der Waals surface area contributed by atoms with Crippen molar-refractivity contribution in [3.8, 4) is 5.75 Å². The number of nitrogens with two attached hydrogens (primary N) is 2. The molecule has 1 unspecified atom stereocenters. The summed E-state index contributed by atoms with van der Waals surface area (Å²) in [6.07, 6.45) is 0.908. The van der Waals surface area contributed by atoms with E-state index in [1.807, 2.05) is 24.0 Å². The Hall–Kier alpha value is -1.95. The second kappa shape index (κ2) is 6.47. The lowest BCUT2D eigenvalue weighted by Crippen LogP contribution is -2.52. The van der Waals surface area contributed by atoms with Crippen LogP contribution in [0.15, 0.2) is 18.2 Å². The van der Waals surface area contributed by atoms with E-state index in [4.69, 9.17) is 20.9 Å². The highest BCUT2D eigenvalue weighted by atomic mass is 16.5. The Labute approximate surface area is 118 Å². The van der Waals surface area contributed by atoms with Gasteiger partial charge in [0.1, 0.15) is 11.8 Å². The van der Waals surface area contributed by atoms with Crippen molar-refractivity contribution in [3.05, 3.63) is 18.2 Å². The molecule has 1 atom stereocenters. The van der Waals surface area contributed by atoms with Gasteiger partial charge in [-0.3, -0.25) is 4.79 Å². The first-order valence-electron chi connectivity index (χ1n) is 6.79. The van der Waals surface area contributed by atoms with Gasteiger partial charge in [-0.1, -0.05) is 6.92 Å². The van der Waals surface area contributed by atoms with Crippen molar-refractivity contribution >= 4 is 17.3 Å². The molecule has 0 aromatic heterocycles. The van der Waals surface area contributed by atoms with Crippen LogP contribution in [0.25, 0.3) is 0 Å². The summed E-state index contributed by atoms with van der Waals surface area (Å²) < 4.78 is 10.9. The molecule has 6 nitrogen and oxygen atoms in total. The number of amides is 1. The van der Waals surface area contributed by atoms with Gasteiger partial charge in [0, 0.05) is 18.3 Å². The molecule has 0 aliphatic carbocycles. The fourth-order valence-corrected chi connectivity index (χ4v) is 2.19. The molecule has 1 saturated heterocycles. The first-order chi connectivity index (χ1) is 9.63. The quantitative estimate of drug-likeness (QED) is 0.776. The normalized spacial score (nSPS) is 18.9. The van der Waals surface area contributed by atoms with Gasteiger partial charge >= 0.3 is 0 Å². The molecule has 1 fully saturated rings. The third kappa shape index (κ3) is 3.14. The fraction of sp³-hybridized carbons (Fsp3) is 0.500. The Kier molecular flexibility index (Phi) is 4.68. The van der Waals surface area contributed by atoms with Crippen molar-refractivity contribution in [2.45, 2.75) is 19.4 Å². The molecule has 0 radical (unpaired) electrons. The van der Waals surface area contributed by atoms with Crippen LogP contribution in [0.1, 0.15) is 13.3 Å². The van der Waals surface area contributed by atoms with Gasteiger partial charge in [0.25, 0.3) is 0 Å². The summed E-state index contributed by atoms with van der Waals surface area (Å²) in [6.45, 7) is 4.13. The fourth-order valence-electron chi connectivity index (χ4n) is 2.19. The number of hydrogen-bond acceptors (Lipinski definition) is 5. The number of anilines is 2. The molecule has 6 heteroatoms. The average molecular weight is 279 g/mol. The molecule has 1 aromatic rings. The Morgan fingerprint density at radius 2 is 2.35 bits per heavy atom. The predicted molar refractivity (Wildman–Crippen MR) is 77.8 cm³/mol. The highest BCUT2D eigenvalue weighted by Gasteiger charge is 2.28. The highest BCUT2D eigenvalue weighted by Crippen LogP contribution is 2.29. The number of benzene rings is 1. The van der Waals surface area contributed by atoms with Gasteiger partial charge in [0.15, 0.2) is 0 Å². The Morgan fingerprint density at radius 1 is 1.55 bits per heavy atom. The van der Waals surface area contributed by atoms with E-state index in [0.717, 1.165) is 12.1 Å². The molecule has 1 aromatic carbocycles. The first-order valence-corrected chi connectivity index (χ1v) is 6.79. The summed E-state index contributed by atoms with van der Waals surface area (Å²) in [5, 5.41) is 0. The Bertz CT molecular complexity index is 479. The van der Waals surface area contributed by atoms with Gasteiger partial charge in [-0.15, -0.1) is 0 Å². The zero-order valence-electron chi connectivity index (χ0n) is 11.7. The van der Waals surface area contributed by atoms with Gasteiger partial charge in [-0.2, -0.15) is 0 Å². The van der Waals surface area contributed by atoms with Crippen LogP contribution in [-0.4, -0.2) is 38.3 Å². The number of carbonyl (C=O) groups is 1. The van der Waals surface area contributed by atoms with Crippen LogP contribution in [0.5, 0.6) is 5.75 Å². The standard InChI is InChI=1S/C14H21N3O3/c1-2-6-20-13-8-10(3-4-11(13)15)17-5-7-19-9-12(17)14(16)18/h3-4,8,12H,2,5-7,9,15H2,1H3,(H2,16,18). The lowest BCUT2D eigenvalue weighted by Gasteiger charge is -2.35. The SMILES string of the molecule is CCCOc1cc(N2CCOCC2C(N)=O)ccc1N. The summed E-state index contributed by atoms with van der Waals surface area (Å²) in [4.78, 5) is 13.4. The Balaban J connectivity index is 2.24. The van der Waals surface area contributed by atoms with Crippen molar-refractivity contribution in [2.24, 2.45) is 5.73 Å². The van der Waals surface area contributed by atoms with Crippen molar-refractivity contribution in [2.75, 3.05) is 37.0 Å².